The fraction of sp³-hybridized carbons (Fsp3) is 0.0435. The lowest BCUT2D eigenvalue weighted by Gasteiger charge is -2.20. The van der Waals surface area contributed by atoms with Crippen LogP contribution in [0.3, 0.4) is 0 Å². The second kappa shape index (κ2) is 11.6. The zero-order valence-corrected chi connectivity index (χ0v) is 27.2. The molecule has 236 valence electrons. The standard InChI is InChI=1S/C46H31N3O/c1-4-13-30(14-5-1)39-29-40(48-46(47-39)31-15-6-2-7-16-31)36-20-12-22-44-45(36)38-28-33(24-26-43(38)50-44)32-23-25-42-37(27-32)35-19-10-11-21-41(35)49(42)34-17-8-3-9-18-34/h1-27,29,38H,28H2. The number of fused-ring (bicyclic) bond motifs is 6. The molecule has 2 aliphatic rings. The van der Waals surface area contributed by atoms with Gasteiger partial charge in [0.05, 0.1) is 28.3 Å². The molecule has 4 heteroatoms. The van der Waals surface area contributed by atoms with Crippen molar-refractivity contribution in [2.75, 3.05) is 0 Å². The zero-order valence-electron chi connectivity index (χ0n) is 27.2. The highest BCUT2D eigenvalue weighted by atomic mass is 16.5. The van der Waals surface area contributed by atoms with Crippen LogP contribution in [0.2, 0.25) is 0 Å². The number of aromatic nitrogens is 3. The topological polar surface area (TPSA) is 39.9 Å². The first kappa shape index (κ1) is 28.5. The second-order valence-electron chi connectivity index (χ2n) is 13.0. The fourth-order valence-corrected chi connectivity index (χ4v) is 7.68. The second-order valence-corrected chi connectivity index (χ2v) is 13.0. The lowest BCUT2D eigenvalue weighted by Crippen LogP contribution is -2.06. The van der Waals surface area contributed by atoms with Crippen LogP contribution in [-0.2, 0) is 0 Å². The maximum atomic E-state index is 6.54. The lowest BCUT2D eigenvalue weighted by molar-refractivity contribution is 0.426. The van der Waals surface area contributed by atoms with Gasteiger partial charge in [-0.15, -0.1) is 0 Å². The number of hydrogen-bond donors (Lipinski definition) is 0. The Hall–Kier alpha value is -6.52. The van der Waals surface area contributed by atoms with E-state index in [4.69, 9.17) is 14.7 Å². The highest BCUT2D eigenvalue weighted by molar-refractivity contribution is 6.10. The third-order valence-corrected chi connectivity index (χ3v) is 10.0. The van der Waals surface area contributed by atoms with E-state index in [0.717, 1.165) is 46.0 Å². The molecule has 2 aromatic heterocycles. The molecule has 10 rings (SSSR count). The van der Waals surface area contributed by atoms with Gasteiger partial charge in [-0.3, -0.25) is 0 Å². The van der Waals surface area contributed by atoms with E-state index in [1.54, 1.807) is 0 Å². The van der Waals surface area contributed by atoms with Gasteiger partial charge in [-0.05, 0) is 66.1 Å². The predicted molar refractivity (Wildman–Crippen MR) is 203 cm³/mol. The summed E-state index contributed by atoms with van der Waals surface area (Å²) in [7, 11) is 0. The molecule has 0 saturated carbocycles. The predicted octanol–water partition coefficient (Wildman–Crippen LogP) is 11.4. The minimum absolute atomic E-state index is 0.0814. The van der Waals surface area contributed by atoms with Gasteiger partial charge in [-0.2, -0.15) is 0 Å². The highest BCUT2D eigenvalue weighted by Gasteiger charge is 2.35. The van der Waals surface area contributed by atoms with Crippen LogP contribution >= 0.6 is 0 Å². The molecule has 4 nitrogen and oxygen atoms in total. The summed E-state index contributed by atoms with van der Waals surface area (Å²) in [4.78, 5) is 10.2. The highest BCUT2D eigenvalue weighted by Crippen LogP contribution is 2.51. The number of nitrogens with zero attached hydrogens (tertiary/aromatic N) is 3. The molecule has 1 aliphatic carbocycles. The average Bonchev–Trinajstić information content (AvgIpc) is 3.74. The summed E-state index contributed by atoms with van der Waals surface area (Å²) in [6.45, 7) is 0. The van der Waals surface area contributed by atoms with Crippen molar-refractivity contribution in [3.63, 3.8) is 0 Å². The van der Waals surface area contributed by atoms with Crippen molar-refractivity contribution in [2.45, 2.75) is 12.3 Å². The molecule has 0 N–H and O–H groups in total. The molecule has 50 heavy (non-hydrogen) atoms. The van der Waals surface area contributed by atoms with Crippen LogP contribution in [0.1, 0.15) is 23.5 Å². The van der Waals surface area contributed by atoms with Crippen LogP contribution in [0.4, 0.5) is 0 Å². The first-order valence-corrected chi connectivity index (χ1v) is 17.1. The van der Waals surface area contributed by atoms with Crippen molar-refractivity contribution < 1.29 is 4.74 Å². The Morgan fingerprint density at radius 3 is 2.06 bits per heavy atom. The van der Waals surface area contributed by atoms with Crippen molar-refractivity contribution in [1.29, 1.82) is 0 Å². The quantitative estimate of drug-likeness (QED) is 0.188. The van der Waals surface area contributed by atoms with Gasteiger partial charge in [0.1, 0.15) is 11.5 Å². The number of rotatable bonds is 5. The molecule has 0 amide bonds. The summed E-state index contributed by atoms with van der Waals surface area (Å²) in [6.07, 6.45) is 5.23. The minimum Gasteiger partial charge on any atom is -0.461 e. The molecular formula is C46H31N3O. The van der Waals surface area contributed by atoms with E-state index in [9.17, 15) is 0 Å². The summed E-state index contributed by atoms with van der Waals surface area (Å²) >= 11 is 0. The van der Waals surface area contributed by atoms with Gasteiger partial charge in [0, 0.05) is 38.7 Å². The molecule has 6 aromatic carbocycles. The molecule has 1 atom stereocenters. The normalized spacial score (nSPS) is 14.9. The smallest absolute Gasteiger partial charge is 0.160 e. The molecule has 0 radical (unpaired) electrons. The minimum atomic E-state index is 0.0814. The molecule has 0 spiro atoms. The van der Waals surface area contributed by atoms with Gasteiger partial charge in [0.2, 0.25) is 0 Å². The van der Waals surface area contributed by atoms with Crippen molar-refractivity contribution in [3.05, 3.63) is 187 Å². The van der Waals surface area contributed by atoms with Crippen LogP contribution in [-0.4, -0.2) is 14.5 Å². The lowest BCUT2D eigenvalue weighted by atomic mass is 9.82. The molecular weight excluding hydrogens is 611 g/mol. The van der Waals surface area contributed by atoms with Crippen LogP contribution < -0.4 is 4.74 Å². The molecule has 0 bridgehead atoms. The maximum absolute atomic E-state index is 6.54. The first-order valence-electron chi connectivity index (χ1n) is 17.1. The summed E-state index contributed by atoms with van der Waals surface area (Å²) in [5.74, 6) is 2.67. The average molecular weight is 642 g/mol. The van der Waals surface area contributed by atoms with Crippen molar-refractivity contribution in [2.24, 2.45) is 0 Å². The Bertz CT molecular complexity index is 2580. The van der Waals surface area contributed by atoms with Gasteiger partial charge in [0.15, 0.2) is 5.82 Å². The molecule has 3 heterocycles. The van der Waals surface area contributed by atoms with E-state index in [1.165, 1.54) is 44.2 Å². The molecule has 8 aromatic rings. The van der Waals surface area contributed by atoms with E-state index in [2.05, 4.69) is 150 Å². The van der Waals surface area contributed by atoms with Crippen LogP contribution in [0.5, 0.6) is 5.75 Å². The third-order valence-electron chi connectivity index (χ3n) is 10.0. The fourth-order valence-electron chi connectivity index (χ4n) is 7.68. The Labute approximate surface area is 290 Å². The van der Waals surface area contributed by atoms with E-state index in [-0.39, 0.29) is 5.92 Å². The first-order chi connectivity index (χ1) is 24.8. The number of para-hydroxylation sites is 2. The Morgan fingerprint density at radius 1 is 0.540 bits per heavy atom. The SMILES string of the molecule is C1=C(c2ccc3c(c2)c2ccccc2n3-c2ccccc2)CC2C(=C1)Oc1cccc(-c3cc(-c4ccccc4)nc(-c4ccccc4)n3)c12. The van der Waals surface area contributed by atoms with E-state index >= 15 is 0 Å². The molecule has 0 fully saturated rings. The zero-order chi connectivity index (χ0) is 33.0. The van der Waals surface area contributed by atoms with Crippen LogP contribution in [0, 0.1) is 0 Å². The van der Waals surface area contributed by atoms with Crippen molar-refractivity contribution in [1.82, 2.24) is 14.5 Å². The summed E-state index contributed by atoms with van der Waals surface area (Å²) in [5, 5.41) is 2.51. The monoisotopic (exact) mass is 641 g/mol. The van der Waals surface area contributed by atoms with Gasteiger partial charge in [-0.25, -0.2) is 9.97 Å². The van der Waals surface area contributed by atoms with E-state index in [1.807, 2.05) is 24.3 Å². The van der Waals surface area contributed by atoms with E-state index < -0.39 is 0 Å². The third kappa shape index (κ3) is 4.68. The number of hydrogen-bond acceptors (Lipinski definition) is 3. The summed E-state index contributed by atoms with van der Waals surface area (Å²) in [5.41, 5.74) is 12.2. The summed E-state index contributed by atoms with van der Waals surface area (Å²) in [6, 6.07) is 55.3. The van der Waals surface area contributed by atoms with Gasteiger partial charge in [-0.1, -0.05) is 121 Å². The largest absolute Gasteiger partial charge is 0.461 e. The molecule has 1 aliphatic heterocycles. The Balaban J connectivity index is 1.07. The van der Waals surface area contributed by atoms with Crippen molar-refractivity contribution >= 4 is 27.4 Å². The number of ether oxygens (including phenoxy) is 1. The Kier molecular flexibility index (Phi) is 6.59. The molecule has 0 saturated heterocycles. The van der Waals surface area contributed by atoms with Crippen LogP contribution in [0.25, 0.3) is 67.0 Å². The summed E-state index contributed by atoms with van der Waals surface area (Å²) < 4.78 is 8.90. The molecule has 1 unspecified atom stereocenters. The van der Waals surface area contributed by atoms with Crippen molar-refractivity contribution in [3.8, 4) is 45.3 Å². The number of allylic oxidation sites excluding steroid dienone is 4. The van der Waals surface area contributed by atoms with Gasteiger partial charge < -0.3 is 9.30 Å². The number of benzene rings is 6. The Morgan fingerprint density at radius 2 is 1.24 bits per heavy atom. The maximum Gasteiger partial charge on any atom is 0.160 e. The van der Waals surface area contributed by atoms with E-state index in [0.29, 0.717) is 5.82 Å². The van der Waals surface area contributed by atoms with Crippen LogP contribution in [0.15, 0.2) is 176 Å². The van der Waals surface area contributed by atoms with Gasteiger partial charge in [0.25, 0.3) is 0 Å². The van der Waals surface area contributed by atoms with Gasteiger partial charge >= 0.3 is 0 Å².